The second-order valence-corrected chi connectivity index (χ2v) is 4.87. The molecule has 0 aromatic carbocycles. The van der Waals surface area contributed by atoms with E-state index < -0.39 is 0 Å². The number of hydrogen-bond donors (Lipinski definition) is 0. The molecular weight excluding hydrogens is 208 g/mol. The van der Waals surface area contributed by atoms with Crippen molar-refractivity contribution in [2.75, 3.05) is 13.7 Å². The molecule has 0 saturated heterocycles. The van der Waals surface area contributed by atoms with Gasteiger partial charge in [-0.05, 0) is 32.1 Å². The van der Waals surface area contributed by atoms with E-state index in [1.807, 2.05) is 0 Å². The van der Waals surface area contributed by atoms with E-state index in [-0.39, 0.29) is 0 Å². The lowest BCUT2D eigenvalue weighted by atomic mass is 10.1. The molecule has 0 bridgehead atoms. The van der Waals surface area contributed by atoms with Crippen LogP contribution in [0.25, 0.3) is 0 Å². The molecule has 0 spiro atoms. The highest BCUT2D eigenvalue weighted by atomic mass is 16.5. The van der Waals surface area contributed by atoms with E-state index in [1.165, 1.54) is 70.6 Å². The summed E-state index contributed by atoms with van der Waals surface area (Å²) in [7, 11) is 1.78. The maximum Gasteiger partial charge on any atom is 0.0462 e. The van der Waals surface area contributed by atoms with Gasteiger partial charge in [0, 0.05) is 13.7 Å². The van der Waals surface area contributed by atoms with E-state index in [1.54, 1.807) is 7.11 Å². The smallest absolute Gasteiger partial charge is 0.0462 e. The number of allylic oxidation sites excluding steroid dienone is 2. The molecule has 0 aliphatic heterocycles. The summed E-state index contributed by atoms with van der Waals surface area (Å²) in [5.74, 6) is 0. The largest absolute Gasteiger partial charge is 0.385 e. The van der Waals surface area contributed by atoms with E-state index in [4.69, 9.17) is 4.74 Å². The first-order chi connectivity index (χ1) is 8.41. The van der Waals surface area contributed by atoms with Gasteiger partial charge in [-0.1, -0.05) is 57.6 Å². The lowest BCUT2D eigenvalue weighted by Gasteiger charge is -1.98. The number of unbranched alkanes of at least 4 members (excludes halogenated alkanes) is 9. The molecule has 1 nitrogen and oxygen atoms in total. The zero-order valence-corrected chi connectivity index (χ0v) is 12.0. The molecule has 17 heavy (non-hydrogen) atoms. The van der Waals surface area contributed by atoms with Crippen LogP contribution in [0.15, 0.2) is 12.2 Å². The van der Waals surface area contributed by atoms with Crippen molar-refractivity contribution >= 4 is 0 Å². The number of hydrogen-bond acceptors (Lipinski definition) is 1. The summed E-state index contributed by atoms with van der Waals surface area (Å²) in [5.41, 5.74) is 0. The Morgan fingerprint density at radius 1 is 0.706 bits per heavy atom. The number of rotatable bonds is 13. The van der Waals surface area contributed by atoms with E-state index in [2.05, 4.69) is 19.1 Å². The van der Waals surface area contributed by atoms with Gasteiger partial charge in [-0.15, -0.1) is 0 Å². The molecule has 0 aliphatic rings. The van der Waals surface area contributed by atoms with Crippen molar-refractivity contribution in [3.63, 3.8) is 0 Å². The molecule has 0 rings (SSSR count). The molecule has 0 unspecified atom stereocenters. The molecule has 0 fully saturated rings. The molecule has 1 heteroatoms. The van der Waals surface area contributed by atoms with E-state index in [0.717, 1.165) is 6.61 Å². The summed E-state index contributed by atoms with van der Waals surface area (Å²) in [6.45, 7) is 3.19. The van der Waals surface area contributed by atoms with Crippen LogP contribution in [0, 0.1) is 0 Å². The number of methoxy groups -OCH3 is 1. The normalized spacial score (nSPS) is 11.4. The van der Waals surface area contributed by atoms with Crippen LogP contribution in [0.2, 0.25) is 0 Å². The van der Waals surface area contributed by atoms with Gasteiger partial charge in [-0.2, -0.15) is 0 Å². The predicted octanol–water partition coefficient (Wildman–Crippen LogP) is 5.50. The topological polar surface area (TPSA) is 9.23 Å². The molecule has 0 atom stereocenters. The Morgan fingerprint density at radius 3 is 1.76 bits per heavy atom. The fourth-order valence-electron chi connectivity index (χ4n) is 1.96. The van der Waals surface area contributed by atoms with Gasteiger partial charge in [0.05, 0.1) is 0 Å². The minimum atomic E-state index is 0.924. The molecular formula is C16H32O. The summed E-state index contributed by atoms with van der Waals surface area (Å²) in [6, 6.07) is 0. The maximum atomic E-state index is 5.03. The lowest BCUT2D eigenvalue weighted by Crippen LogP contribution is -1.87. The van der Waals surface area contributed by atoms with Gasteiger partial charge in [0.1, 0.15) is 0 Å². The third-order valence-corrected chi connectivity index (χ3v) is 3.11. The number of ether oxygens (including phenoxy) is 1. The van der Waals surface area contributed by atoms with Crippen LogP contribution < -0.4 is 0 Å². The minimum absolute atomic E-state index is 0.924. The second kappa shape index (κ2) is 15.7. The van der Waals surface area contributed by atoms with E-state index >= 15 is 0 Å². The molecule has 0 aromatic rings. The van der Waals surface area contributed by atoms with Crippen molar-refractivity contribution in [2.45, 2.75) is 77.6 Å². The standard InChI is InChI=1S/C16H32O/c1-3-4-5-6-7-8-9-10-11-12-13-14-15-16-17-2/h9-10H,3-8,11-16H2,1-2H3/b10-9+. The van der Waals surface area contributed by atoms with Gasteiger partial charge in [0.2, 0.25) is 0 Å². The molecule has 102 valence electrons. The van der Waals surface area contributed by atoms with Gasteiger partial charge < -0.3 is 4.74 Å². The molecule has 0 aromatic heterocycles. The van der Waals surface area contributed by atoms with E-state index in [9.17, 15) is 0 Å². The van der Waals surface area contributed by atoms with Crippen LogP contribution in [0.3, 0.4) is 0 Å². The molecule has 0 N–H and O–H groups in total. The predicted molar refractivity (Wildman–Crippen MR) is 77.5 cm³/mol. The van der Waals surface area contributed by atoms with Gasteiger partial charge in [-0.25, -0.2) is 0 Å². The molecule has 0 radical (unpaired) electrons. The van der Waals surface area contributed by atoms with Crippen LogP contribution in [0.5, 0.6) is 0 Å². The average Bonchev–Trinajstić information content (AvgIpc) is 2.35. The quantitative estimate of drug-likeness (QED) is 0.305. The molecule has 0 heterocycles. The van der Waals surface area contributed by atoms with Gasteiger partial charge in [-0.3, -0.25) is 0 Å². The van der Waals surface area contributed by atoms with E-state index in [0.29, 0.717) is 0 Å². The molecule has 0 amide bonds. The fraction of sp³-hybridized carbons (Fsp3) is 0.875. The highest BCUT2D eigenvalue weighted by Crippen LogP contribution is 2.07. The van der Waals surface area contributed by atoms with Crippen molar-refractivity contribution in [3.05, 3.63) is 12.2 Å². The second-order valence-electron chi connectivity index (χ2n) is 4.87. The van der Waals surface area contributed by atoms with Crippen molar-refractivity contribution in [2.24, 2.45) is 0 Å². The third-order valence-electron chi connectivity index (χ3n) is 3.11. The first-order valence-electron chi connectivity index (χ1n) is 7.55. The highest BCUT2D eigenvalue weighted by molar-refractivity contribution is 4.81. The first-order valence-corrected chi connectivity index (χ1v) is 7.55. The molecule has 0 saturated carbocycles. The monoisotopic (exact) mass is 240 g/mol. The molecule has 0 aliphatic carbocycles. The maximum absolute atomic E-state index is 5.03. The zero-order valence-electron chi connectivity index (χ0n) is 12.0. The van der Waals surface area contributed by atoms with Crippen molar-refractivity contribution in [3.8, 4) is 0 Å². The van der Waals surface area contributed by atoms with Gasteiger partial charge >= 0.3 is 0 Å². The zero-order chi connectivity index (χ0) is 12.6. The highest BCUT2D eigenvalue weighted by Gasteiger charge is 1.89. The van der Waals surface area contributed by atoms with Gasteiger partial charge in [0.25, 0.3) is 0 Å². The summed E-state index contributed by atoms with van der Waals surface area (Å²) < 4.78 is 5.03. The summed E-state index contributed by atoms with van der Waals surface area (Å²) in [5, 5.41) is 0. The Bertz CT molecular complexity index is 152. The van der Waals surface area contributed by atoms with Crippen molar-refractivity contribution < 1.29 is 4.74 Å². The van der Waals surface area contributed by atoms with Crippen LogP contribution in [0.1, 0.15) is 77.6 Å². The Morgan fingerprint density at radius 2 is 1.24 bits per heavy atom. The summed E-state index contributed by atoms with van der Waals surface area (Å²) in [4.78, 5) is 0. The Kier molecular flexibility index (Phi) is 15.4. The Labute approximate surface area is 109 Å². The third kappa shape index (κ3) is 15.7. The lowest BCUT2D eigenvalue weighted by molar-refractivity contribution is 0.192. The summed E-state index contributed by atoms with van der Waals surface area (Å²) in [6.07, 6.45) is 19.5. The Hall–Kier alpha value is -0.300. The first kappa shape index (κ1) is 16.7. The summed E-state index contributed by atoms with van der Waals surface area (Å²) >= 11 is 0. The van der Waals surface area contributed by atoms with Crippen LogP contribution in [-0.2, 0) is 4.74 Å². The van der Waals surface area contributed by atoms with Crippen LogP contribution in [-0.4, -0.2) is 13.7 Å². The van der Waals surface area contributed by atoms with Crippen molar-refractivity contribution in [1.82, 2.24) is 0 Å². The van der Waals surface area contributed by atoms with Gasteiger partial charge in [0.15, 0.2) is 0 Å². The SMILES string of the molecule is CCCCCCC/C=C/CCCCCCOC. The van der Waals surface area contributed by atoms with Crippen molar-refractivity contribution in [1.29, 1.82) is 0 Å². The Balaban J connectivity index is 2.99. The minimum Gasteiger partial charge on any atom is -0.385 e. The van der Waals surface area contributed by atoms with Crippen LogP contribution in [0.4, 0.5) is 0 Å². The average molecular weight is 240 g/mol. The fourth-order valence-corrected chi connectivity index (χ4v) is 1.96. The van der Waals surface area contributed by atoms with Crippen LogP contribution >= 0.6 is 0 Å².